The molecule has 0 radical (unpaired) electrons. The number of benzene rings is 3. The standard InChI is InChI=1S/C30H34Cl3N3O4S/c1-19-10-14-23(15-11-19)41(39,40)36(22-13-12-20(2)27(33)16-22)18-28(37)35(21(3)29(38)34-30(4,5)6)17-24-25(31)8-7-9-26(24)32/h7-16,21H,17-18H2,1-6H3,(H,34,38)/t21-/m1/s1. The molecule has 0 saturated carbocycles. The molecule has 0 fully saturated rings. The predicted molar refractivity (Wildman–Crippen MR) is 166 cm³/mol. The van der Waals surface area contributed by atoms with E-state index in [9.17, 15) is 18.0 Å². The van der Waals surface area contributed by atoms with Gasteiger partial charge in [-0.1, -0.05) is 64.6 Å². The van der Waals surface area contributed by atoms with Crippen LogP contribution in [0.3, 0.4) is 0 Å². The molecule has 41 heavy (non-hydrogen) atoms. The topological polar surface area (TPSA) is 86.8 Å². The Morgan fingerprint density at radius 2 is 1.49 bits per heavy atom. The number of amides is 2. The maximum absolute atomic E-state index is 14.1. The Bertz CT molecular complexity index is 1520. The molecule has 2 amide bonds. The van der Waals surface area contributed by atoms with Gasteiger partial charge in [-0.25, -0.2) is 8.42 Å². The second-order valence-corrected chi connectivity index (χ2v) is 14.0. The first-order valence-corrected chi connectivity index (χ1v) is 15.5. The first-order valence-electron chi connectivity index (χ1n) is 12.9. The Morgan fingerprint density at radius 3 is 2.02 bits per heavy atom. The van der Waals surface area contributed by atoms with Crippen molar-refractivity contribution in [3.05, 3.63) is 92.4 Å². The largest absolute Gasteiger partial charge is 0.350 e. The zero-order chi connectivity index (χ0) is 30.7. The molecule has 0 aromatic heterocycles. The number of nitrogens with zero attached hydrogens (tertiary/aromatic N) is 2. The summed E-state index contributed by atoms with van der Waals surface area (Å²) >= 11 is 19.2. The predicted octanol–water partition coefficient (Wildman–Crippen LogP) is 6.79. The summed E-state index contributed by atoms with van der Waals surface area (Å²) in [5.41, 5.74) is 1.70. The Hall–Kier alpha value is -2.78. The van der Waals surface area contributed by atoms with Crippen LogP contribution in [-0.2, 0) is 26.2 Å². The summed E-state index contributed by atoms with van der Waals surface area (Å²) < 4.78 is 28.9. The summed E-state index contributed by atoms with van der Waals surface area (Å²) in [6, 6.07) is 15.1. The summed E-state index contributed by atoms with van der Waals surface area (Å²) in [4.78, 5) is 28.6. The Balaban J connectivity index is 2.10. The van der Waals surface area contributed by atoms with Crippen molar-refractivity contribution in [2.45, 2.75) is 64.6 Å². The van der Waals surface area contributed by atoms with Crippen LogP contribution in [0.1, 0.15) is 44.4 Å². The SMILES string of the molecule is Cc1ccc(S(=O)(=O)N(CC(=O)N(Cc2c(Cl)cccc2Cl)[C@H](C)C(=O)NC(C)(C)C)c2ccc(C)c(Cl)c2)cc1. The maximum Gasteiger partial charge on any atom is 0.264 e. The van der Waals surface area contributed by atoms with Crippen molar-refractivity contribution < 1.29 is 18.0 Å². The summed E-state index contributed by atoms with van der Waals surface area (Å²) in [6.07, 6.45) is 0. The fourth-order valence-electron chi connectivity index (χ4n) is 4.01. The van der Waals surface area contributed by atoms with E-state index in [0.717, 1.165) is 15.4 Å². The van der Waals surface area contributed by atoms with Crippen molar-refractivity contribution in [1.29, 1.82) is 0 Å². The number of nitrogens with one attached hydrogen (secondary N) is 1. The van der Waals surface area contributed by atoms with Crippen LogP contribution < -0.4 is 9.62 Å². The smallest absolute Gasteiger partial charge is 0.264 e. The third-order valence-corrected chi connectivity index (χ3v) is 9.29. The lowest BCUT2D eigenvalue weighted by Crippen LogP contribution is -2.54. The van der Waals surface area contributed by atoms with Gasteiger partial charge in [-0.05, 0) is 83.5 Å². The highest BCUT2D eigenvalue weighted by atomic mass is 35.5. The van der Waals surface area contributed by atoms with Crippen molar-refractivity contribution in [1.82, 2.24) is 10.2 Å². The molecule has 3 aromatic rings. The summed E-state index contributed by atoms with van der Waals surface area (Å²) in [5, 5.41) is 3.85. The van der Waals surface area contributed by atoms with Gasteiger partial charge in [0.1, 0.15) is 12.6 Å². The molecule has 1 atom stereocenters. The number of rotatable bonds is 9. The summed E-state index contributed by atoms with van der Waals surface area (Å²) in [6.45, 7) is 9.96. The van der Waals surface area contributed by atoms with E-state index in [1.165, 1.54) is 23.1 Å². The Labute approximate surface area is 257 Å². The third kappa shape index (κ3) is 8.16. The maximum atomic E-state index is 14.1. The van der Waals surface area contributed by atoms with E-state index < -0.39 is 40.0 Å². The minimum atomic E-state index is -4.22. The average Bonchev–Trinajstić information content (AvgIpc) is 2.87. The highest BCUT2D eigenvalue weighted by molar-refractivity contribution is 7.92. The fraction of sp³-hybridized carbons (Fsp3) is 0.333. The number of carbonyl (C=O) groups excluding carboxylic acids is 2. The number of sulfonamides is 1. The normalized spacial score (nSPS) is 12.5. The van der Waals surface area contributed by atoms with E-state index in [-0.39, 0.29) is 17.1 Å². The van der Waals surface area contributed by atoms with Gasteiger partial charge in [-0.15, -0.1) is 0 Å². The van der Waals surface area contributed by atoms with Crippen molar-refractivity contribution in [2.24, 2.45) is 0 Å². The monoisotopic (exact) mass is 637 g/mol. The van der Waals surface area contributed by atoms with Crippen molar-refractivity contribution in [2.75, 3.05) is 10.8 Å². The number of aryl methyl sites for hydroxylation is 2. The van der Waals surface area contributed by atoms with Crippen LogP contribution in [0.5, 0.6) is 0 Å². The molecule has 0 saturated heterocycles. The van der Waals surface area contributed by atoms with Gasteiger partial charge < -0.3 is 10.2 Å². The van der Waals surface area contributed by atoms with Crippen LogP contribution in [0.4, 0.5) is 5.69 Å². The van der Waals surface area contributed by atoms with Crippen molar-refractivity contribution in [3.8, 4) is 0 Å². The highest BCUT2D eigenvalue weighted by Crippen LogP contribution is 2.30. The first kappa shape index (κ1) is 32.7. The van der Waals surface area contributed by atoms with Crippen LogP contribution in [0.25, 0.3) is 0 Å². The molecule has 220 valence electrons. The van der Waals surface area contributed by atoms with Gasteiger partial charge >= 0.3 is 0 Å². The molecule has 11 heteroatoms. The summed E-state index contributed by atoms with van der Waals surface area (Å²) in [7, 11) is -4.22. The molecule has 0 bridgehead atoms. The molecular weight excluding hydrogens is 605 g/mol. The fourth-order valence-corrected chi connectivity index (χ4v) is 6.11. The lowest BCUT2D eigenvalue weighted by molar-refractivity contribution is -0.140. The number of anilines is 1. The molecule has 0 spiro atoms. The molecular formula is C30H34Cl3N3O4S. The molecule has 0 unspecified atom stereocenters. The lowest BCUT2D eigenvalue weighted by atomic mass is 10.1. The zero-order valence-corrected chi connectivity index (χ0v) is 26.9. The molecule has 3 rings (SSSR count). The third-order valence-electron chi connectivity index (χ3n) is 6.39. The molecule has 0 heterocycles. The number of hydrogen-bond acceptors (Lipinski definition) is 4. The molecule has 3 aromatic carbocycles. The van der Waals surface area contributed by atoms with Gasteiger partial charge in [0.2, 0.25) is 11.8 Å². The van der Waals surface area contributed by atoms with Crippen LogP contribution >= 0.6 is 34.8 Å². The Morgan fingerprint density at radius 1 is 0.902 bits per heavy atom. The van der Waals surface area contributed by atoms with Crippen molar-refractivity contribution >= 4 is 62.3 Å². The molecule has 0 aliphatic carbocycles. The lowest BCUT2D eigenvalue weighted by Gasteiger charge is -2.34. The molecule has 1 N–H and O–H groups in total. The highest BCUT2D eigenvalue weighted by Gasteiger charge is 2.34. The van der Waals surface area contributed by atoms with E-state index in [4.69, 9.17) is 34.8 Å². The van der Waals surface area contributed by atoms with Crippen LogP contribution in [0, 0.1) is 13.8 Å². The van der Waals surface area contributed by atoms with Crippen LogP contribution in [-0.4, -0.2) is 43.3 Å². The van der Waals surface area contributed by atoms with Crippen LogP contribution in [0.2, 0.25) is 15.1 Å². The van der Waals surface area contributed by atoms with Crippen LogP contribution in [0.15, 0.2) is 65.6 Å². The molecule has 0 aliphatic rings. The summed E-state index contributed by atoms with van der Waals surface area (Å²) in [5.74, 6) is -1.05. The Kier molecular flexibility index (Phi) is 10.4. The second kappa shape index (κ2) is 13.0. The zero-order valence-electron chi connectivity index (χ0n) is 23.8. The average molecular weight is 639 g/mol. The van der Waals surface area contributed by atoms with Crippen molar-refractivity contribution in [3.63, 3.8) is 0 Å². The van der Waals surface area contributed by atoms with Gasteiger partial charge in [0.05, 0.1) is 10.6 Å². The molecule has 0 aliphatic heterocycles. The number of carbonyl (C=O) groups is 2. The van der Waals surface area contributed by atoms with E-state index >= 15 is 0 Å². The van der Waals surface area contributed by atoms with Gasteiger partial charge in [0.15, 0.2) is 0 Å². The van der Waals surface area contributed by atoms with Gasteiger partial charge in [0.25, 0.3) is 10.0 Å². The minimum absolute atomic E-state index is 0.00631. The minimum Gasteiger partial charge on any atom is -0.350 e. The molecule has 7 nitrogen and oxygen atoms in total. The quantitative estimate of drug-likeness (QED) is 0.280. The van der Waals surface area contributed by atoms with Gasteiger partial charge in [-0.3, -0.25) is 13.9 Å². The van der Waals surface area contributed by atoms with E-state index in [0.29, 0.717) is 20.6 Å². The second-order valence-electron chi connectivity index (χ2n) is 10.9. The number of hydrogen-bond donors (Lipinski definition) is 1. The van der Waals surface area contributed by atoms with E-state index in [1.807, 2.05) is 27.7 Å². The van der Waals surface area contributed by atoms with Gasteiger partial charge in [0, 0.05) is 32.7 Å². The van der Waals surface area contributed by atoms with E-state index in [2.05, 4.69) is 5.32 Å². The first-order chi connectivity index (χ1) is 19.0. The van der Waals surface area contributed by atoms with Gasteiger partial charge in [-0.2, -0.15) is 0 Å². The number of halogens is 3. The van der Waals surface area contributed by atoms with E-state index in [1.54, 1.807) is 56.3 Å².